The van der Waals surface area contributed by atoms with Crippen molar-refractivity contribution >= 4 is 25.7 Å². The topological polar surface area (TPSA) is 26.3 Å². The van der Waals surface area contributed by atoms with Gasteiger partial charge in [-0.15, -0.1) is 0 Å². The third-order valence-corrected chi connectivity index (χ3v) is 9.62. The Bertz CT molecular complexity index is 643. The van der Waals surface area contributed by atoms with Gasteiger partial charge in [-0.2, -0.15) is 0 Å². The van der Waals surface area contributed by atoms with Gasteiger partial charge in [0.15, 0.2) is 14.1 Å². The highest BCUT2D eigenvalue weighted by Crippen LogP contribution is 2.32. The van der Waals surface area contributed by atoms with Crippen molar-refractivity contribution in [2.45, 2.75) is 45.0 Å². The second-order valence-corrected chi connectivity index (χ2v) is 11.2. The lowest BCUT2D eigenvalue weighted by molar-refractivity contribution is 0.0772. The van der Waals surface area contributed by atoms with Crippen molar-refractivity contribution in [3.05, 3.63) is 70.7 Å². The Hall–Kier alpha value is -1.42. The average molecular weight is 361 g/mol. The van der Waals surface area contributed by atoms with Gasteiger partial charge in [0.05, 0.1) is 0 Å². The Morgan fingerprint density at radius 1 is 0.958 bits per heavy atom. The molecule has 0 aliphatic rings. The molecule has 2 aromatic carbocycles. The Morgan fingerprint density at radius 3 is 2.00 bits per heavy atom. The molecule has 1 atom stereocenters. The minimum Gasteiger partial charge on any atom is -0.403 e. The number of Topliss-reactive ketones (excluding diaryl/α,β-unsaturated/α-hetero) is 1. The van der Waals surface area contributed by atoms with E-state index in [2.05, 4.69) is 20.8 Å². The molecule has 0 saturated carbocycles. The maximum Gasteiger partial charge on any atom is 0.194 e. The Balaban J connectivity index is 2.39. The second kappa shape index (κ2) is 8.61. The third kappa shape index (κ3) is 4.35. The van der Waals surface area contributed by atoms with Gasteiger partial charge in [-0.3, -0.25) is 4.79 Å². The van der Waals surface area contributed by atoms with Crippen LogP contribution < -0.4 is 0 Å². The van der Waals surface area contributed by atoms with Gasteiger partial charge >= 0.3 is 0 Å². The summed E-state index contributed by atoms with van der Waals surface area (Å²) in [6.07, 6.45) is -0.543. The van der Waals surface area contributed by atoms with Crippen molar-refractivity contribution in [1.82, 2.24) is 0 Å². The van der Waals surface area contributed by atoms with E-state index in [0.717, 1.165) is 23.7 Å². The molecule has 0 spiro atoms. The molecule has 0 N–H and O–H groups in total. The molecule has 0 unspecified atom stereocenters. The lowest BCUT2D eigenvalue weighted by atomic mass is 10.0. The molecule has 0 heterocycles. The fraction of sp³-hybridized carbons (Fsp3) is 0.350. The summed E-state index contributed by atoms with van der Waals surface area (Å²) in [5.74, 6) is 0.00471. The van der Waals surface area contributed by atoms with Crippen LogP contribution in [0.15, 0.2) is 54.6 Å². The second-order valence-electron chi connectivity index (χ2n) is 6.02. The molecular weight excluding hydrogens is 336 g/mol. The van der Waals surface area contributed by atoms with E-state index in [1.165, 1.54) is 0 Å². The van der Waals surface area contributed by atoms with Gasteiger partial charge in [0.25, 0.3) is 0 Å². The van der Waals surface area contributed by atoms with E-state index in [-0.39, 0.29) is 5.78 Å². The van der Waals surface area contributed by atoms with Gasteiger partial charge in [0, 0.05) is 10.6 Å². The van der Waals surface area contributed by atoms with Crippen molar-refractivity contribution in [3.63, 3.8) is 0 Å². The molecule has 0 amide bonds. The Morgan fingerprint density at radius 2 is 1.50 bits per heavy atom. The minimum absolute atomic E-state index is 0.00471. The zero-order chi connectivity index (χ0) is 17.6. The average Bonchev–Trinajstić information content (AvgIpc) is 2.64. The predicted molar refractivity (Wildman–Crippen MR) is 103 cm³/mol. The van der Waals surface area contributed by atoms with Gasteiger partial charge in [0.1, 0.15) is 6.10 Å². The number of hydrogen-bond acceptors (Lipinski definition) is 2. The minimum atomic E-state index is -1.92. The van der Waals surface area contributed by atoms with Crippen LogP contribution >= 0.6 is 11.6 Å². The van der Waals surface area contributed by atoms with Crippen molar-refractivity contribution in [2.75, 3.05) is 0 Å². The first-order valence-corrected chi connectivity index (χ1v) is 11.5. The number of ketones is 1. The van der Waals surface area contributed by atoms with Gasteiger partial charge in [0.2, 0.25) is 0 Å². The molecule has 0 fully saturated rings. The highest BCUT2D eigenvalue weighted by atomic mass is 35.5. The smallest absolute Gasteiger partial charge is 0.194 e. The summed E-state index contributed by atoms with van der Waals surface area (Å²) in [5, 5.41) is 0.628. The standard InChI is InChI=1S/C20H25ClO2Si/c1-4-24(5-2,6-3)23-20(17-10-8-7-9-11-17)19(22)16-12-14-18(21)15-13-16/h7-15,20H,4-6H2,1-3H3/t20-/m0/s1. The molecule has 0 aliphatic heterocycles. The van der Waals surface area contributed by atoms with Crippen LogP contribution in [0.5, 0.6) is 0 Å². The van der Waals surface area contributed by atoms with E-state index in [9.17, 15) is 4.79 Å². The first kappa shape index (κ1) is 18.9. The van der Waals surface area contributed by atoms with E-state index >= 15 is 0 Å². The largest absolute Gasteiger partial charge is 0.403 e. The molecular formula is C20H25ClO2Si. The number of carbonyl (C=O) groups excluding carboxylic acids is 1. The van der Waals surface area contributed by atoms with Gasteiger partial charge in [-0.05, 0) is 48.0 Å². The molecule has 0 aromatic heterocycles. The van der Waals surface area contributed by atoms with E-state index in [0.29, 0.717) is 10.6 Å². The SMILES string of the molecule is CC[Si](CC)(CC)O[C@H](C(=O)c1ccc(Cl)cc1)c1ccccc1. The molecule has 0 radical (unpaired) electrons. The first-order chi connectivity index (χ1) is 11.5. The van der Waals surface area contributed by atoms with E-state index in [4.69, 9.17) is 16.0 Å². The van der Waals surface area contributed by atoms with Crippen LogP contribution in [0.4, 0.5) is 0 Å². The van der Waals surface area contributed by atoms with Crippen molar-refractivity contribution in [3.8, 4) is 0 Å². The normalized spacial score (nSPS) is 12.8. The number of halogens is 1. The zero-order valence-corrected chi connectivity index (χ0v) is 16.3. The summed E-state index contributed by atoms with van der Waals surface area (Å²) in [5.41, 5.74) is 1.56. The summed E-state index contributed by atoms with van der Waals surface area (Å²) in [6, 6.07) is 19.9. The fourth-order valence-electron chi connectivity index (χ4n) is 2.92. The molecule has 0 saturated heterocycles. The first-order valence-electron chi connectivity index (χ1n) is 8.57. The van der Waals surface area contributed by atoms with E-state index in [1.807, 2.05) is 30.3 Å². The molecule has 0 aliphatic carbocycles. The highest BCUT2D eigenvalue weighted by Gasteiger charge is 2.35. The lowest BCUT2D eigenvalue weighted by Gasteiger charge is -2.33. The Kier molecular flexibility index (Phi) is 6.78. The summed E-state index contributed by atoms with van der Waals surface area (Å²) in [7, 11) is -1.92. The quantitative estimate of drug-likeness (QED) is 0.408. The number of carbonyl (C=O) groups is 1. The predicted octanol–water partition coefficient (Wildman–Crippen LogP) is 6.29. The lowest BCUT2D eigenvalue weighted by Crippen LogP contribution is -2.39. The van der Waals surface area contributed by atoms with Crippen molar-refractivity contribution in [1.29, 1.82) is 0 Å². The summed E-state index contributed by atoms with van der Waals surface area (Å²) in [6.45, 7) is 6.52. The molecule has 4 heteroatoms. The maximum absolute atomic E-state index is 13.1. The monoisotopic (exact) mass is 360 g/mol. The van der Waals surface area contributed by atoms with Crippen LogP contribution in [-0.4, -0.2) is 14.1 Å². The van der Waals surface area contributed by atoms with Gasteiger partial charge in [-0.25, -0.2) is 0 Å². The summed E-state index contributed by atoms with van der Waals surface area (Å²) in [4.78, 5) is 13.1. The molecule has 2 aromatic rings. The van der Waals surface area contributed by atoms with Crippen LogP contribution in [0.1, 0.15) is 42.8 Å². The molecule has 0 bridgehead atoms. The van der Waals surface area contributed by atoms with Crippen molar-refractivity contribution in [2.24, 2.45) is 0 Å². The zero-order valence-electron chi connectivity index (χ0n) is 14.6. The van der Waals surface area contributed by atoms with Gasteiger partial charge in [-0.1, -0.05) is 62.7 Å². The van der Waals surface area contributed by atoms with Gasteiger partial charge < -0.3 is 4.43 Å². The number of hydrogen-bond donors (Lipinski definition) is 0. The molecule has 128 valence electrons. The summed E-state index contributed by atoms with van der Waals surface area (Å²) >= 11 is 5.95. The summed E-state index contributed by atoms with van der Waals surface area (Å²) < 4.78 is 6.57. The number of benzene rings is 2. The van der Waals surface area contributed by atoms with Crippen LogP contribution in [0.3, 0.4) is 0 Å². The van der Waals surface area contributed by atoms with Crippen LogP contribution in [0.25, 0.3) is 0 Å². The van der Waals surface area contributed by atoms with E-state index in [1.54, 1.807) is 24.3 Å². The Labute approximate surface area is 150 Å². The molecule has 24 heavy (non-hydrogen) atoms. The van der Waals surface area contributed by atoms with Crippen LogP contribution in [-0.2, 0) is 4.43 Å². The highest BCUT2D eigenvalue weighted by molar-refractivity contribution is 6.73. The maximum atomic E-state index is 13.1. The van der Waals surface area contributed by atoms with Crippen LogP contribution in [0, 0.1) is 0 Å². The fourth-order valence-corrected chi connectivity index (χ4v) is 5.79. The molecule has 2 rings (SSSR count). The van der Waals surface area contributed by atoms with Crippen LogP contribution in [0.2, 0.25) is 23.2 Å². The number of rotatable bonds is 8. The molecule has 2 nitrogen and oxygen atoms in total. The van der Waals surface area contributed by atoms with E-state index < -0.39 is 14.4 Å². The van der Waals surface area contributed by atoms with Crippen molar-refractivity contribution < 1.29 is 9.22 Å². The third-order valence-electron chi connectivity index (χ3n) is 4.77.